The number of rotatable bonds is 5. The van der Waals surface area contributed by atoms with Gasteiger partial charge in [-0.15, -0.1) is 0 Å². The van der Waals surface area contributed by atoms with Gasteiger partial charge in [0.2, 0.25) is 0 Å². The predicted octanol–water partition coefficient (Wildman–Crippen LogP) is 5.30. The van der Waals surface area contributed by atoms with E-state index in [9.17, 15) is 18.4 Å². The molecule has 0 atom stereocenters. The summed E-state index contributed by atoms with van der Waals surface area (Å²) >= 11 is 0. The van der Waals surface area contributed by atoms with Crippen molar-refractivity contribution in [1.29, 1.82) is 0 Å². The number of anilines is 2. The molecule has 1 aliphatic heterocycles. The molecular weight excluding hydrogens is 426 g/mol. The Bertz CT molecular complexity index is 1330. The van der Waals surface area contributed by atoms with Gasteiger partial charge in [-0.3, -0.25) is 9.59 Å². The van der Waals surface area contributed by atoms with Crippen LogP contribution in [-0.2, 0) is 9.59 Å². The van der Waals surface area contributed by atoms with E-state index in [4.69, 9.17) is 4.74 Å². The summed E-state index contributed by atoms with van der Waals surface area (Å²) in [6.45, 7) is 5.74. The molecular formula is C26H22F2N2O3. The number of carbonyl (C=O) groups excluding carboxylic acids is 2. The molecule has 7 heteroatoms. The molecule has 33 heavy (non-hydrogen) atoms. The molecule has 5 nitrogen and oxygen atoms in total. The maximum atomic E-state index is 13.9. The number of hydrogen-bond donors (Lipinski definition) is 1. The predicted molar refractivity (Wildman–Crippen MR) is 123 cm³/mol. The molecule has 3 aromatic rings. The lowest BCUT2D eigenvalue weighted by Gasteiger charge is -2.16. The maximum Gasteiger partial charge on any atom is 0.282 e. The van der Waals surface area contributed by atoms with Gasteiger partial charge in [0.1, 0.15) is 11.4 Å². The number of amides is 2. The van der Waals surface area contributed by atoms with Gasteiger partial charge in [0.15, 0.2) is 11.6 Å². The molecule has 0 unspecified atom stereocenters. The number of ether oxygens (including phenoxy) is 1. The molecule has 2 amide bonds. The molecule has 0 spiro atoms. The van der Waals surface area contributed by atoms with E-state index >= 15 is 0 Å². The van der Waals surface area contributed by atoms with E-state index < -0.39 is 23.4 Å². The van der Waals surface area contributed by atoms with Crippen molar-refractivity contribution in [1.82, 2.24) is 0 Å². The highest BCUT2D eigenvalue weighted by Crippen LogP contribution is 2.36. The molecule has 1 heterocycles. The lowest BCUT2D eigenvalue weighted by atomic mass is 9.99. The Morgan fingerprint density at radius 1 is 0.818 bits per heavy atom. The zero-order valence-corrected chi connectivity index (χ0v) is 18.6. The second-order valence-corrected chi connectivity index (χ2v) is 7.92. The van der Waals surface area contributed by atoms with Gasteiger partial charge in [-0.1, -0.05) is 24.3 Å². The zero-order valence-electron chi connectivity index (χ0n) is 18.6. The summed E-state index contributed by atoms with van der Waals surface area (Å²) in [6, 6.07) is 13.8. The Morgan fingerprint density at radius 3 is 2.24 bits per heavy atom. The molecule has 0 aromatic heterocycles. The standard InChI is InChI=1S/C26H22F2N2O3/c1-14-5-10-22(33-4)21(11-14)29-24-23(17-7-6-15(2)16(3)12-17)25(31)30(26(24)32)18-8-9-19(27)20(28)13-18/h5-13,29H,1-4H3. The van der Waals surface area contributed by atoms with Crippen LogP contribution in [0.15, 0.2) is 60.3 Å². The van der Waals surface area contributed by atoms with E-state index in [1.807, 2.05) is 39.0 Å². The van der Waals surface area contributed by atoms with E-state index in [2.05, 4.69) is 5.32 Å². The van der Waals surface area contributed by atoms with Crippen molar-refractivity contribution in [3.8, 4) is 5.75 Å². The summed E-state index contributed by atoms with van der Waals surface area (Å²) in [4.78, 5) is 27.8. The molecule has 0 saturated heterocycles. The molecule has 0 radical (unpaired) electrons. The fourth-order valence-electron chi connectivity index (χ4n) is 3.72. The fourth-order valence-corrected chi connectivity index (χ4v) is 3.72. The summed E-state index contributed by atoms with van der Waals surface area (Å²) in [6.07, 6.45) is 0. The Morgan fingerprint density at radius 2 is 1.58 bits per heavy atom. The molecule has 1 N–H and O–H groups in total. The minimum Gasteiger partial charge on any atom is -0.495 e. The quantitative estimate of drug-likeness (QED) is 0.539. The Balaban J connectivity index is 1.88. The van der Waals surface area contributed by atoms with Crippen molar-refractivity contribution in [2.75, 3.05) is 17.3 Å². The van der Waals surface area contributed by atoms with Crippen LogP contribution >= 0.6 is 0 Å². The summed E-state index contributed by atoms with van der Waals surface area (Å²) in [5.74, 6) is -3.05. The van der Waals surface area contributed by atoms with Gasteiger partial charge in [0.25, 0.3) is 11.8 Å². The van der Waals surface area contributed by atoms with Crippen LogP contribution in [0.4, 0.5) is 20.2 Å². The second kappa shape index (κ2) is 8.50. The number of nitrogens with one attached hydrogen (secondary N) is 1. The van der Waals surface area contributed by atoms with E-state index in [1.54, 1.807) is 18.2 Å². The number of nitrogens with zero attached hydrogens (tertiary/aromatic N) is 1. The minimum absolute atomic E-state index is 0.0249. The zero-order chi connectivity index (χ0) is 23.9. The van der Waals surface area contributed by atoms with Crippen LogP contribution in [0, 0.1) is 32.4 Å². The van der Waals surface area contributed by atoms with Gasteiger partial charge in [-0.25, -0.2) is 13.7 Å². The summed E-state index contributed by atoms with van der Waals surface area (Å²) in [5.41, 5.74) is 4.03. The number of methoxy groups -OCH3 is 1. The van der Waals surface area contributed by atoms with Crippen LogP contribution < -0.4 is 15.0 Å². The summed E-state index contributed by atoms with van der Waals surface area (Å²) in [5, 5.41) is 3.06. The average molecular weight is 448 g/mol. The maximum absolute atomic E-state index is 13.9. The van der Waals surface area contributed by atoms with Crippen molar-refractivity contribution >= 4 is 28.8 Å². The van der Waals surface area contributed by atoms with Gasteiger partial charge < -0.3 is 10.1 Å². The van der Waals surface area contributed by atoms with Crippen LogP contribution in [0.1, 0.15) is 22.3 Å². The third-order valence-corrected chi connectivity index (χ3v) is 5.66. The molecule has 4 rings (SSSR count). The highest BCUT2D eigenvalue weighted by Gasteiger charge is 2.41. The van der Waals surface area contributed by atoms with Gasteiger partial charge in [0, 0.05) is 6.07 Å². The van der Waals surface area contributed by atoms with E-state index in [1.165, 1.54) is 13.2 Å². The highest BCUT2D eigenvalue weighted by molar-refractivity contribution is 6.46. The van der Waals surface area contributed by atoms with E-state index in [-0.39, 0.29) is 17.0 Å². The van der Waals surface area contributed by atoms with Crippen molar-refractivity contribution in [3.05, 3.63) is 94.2 Å². The number of benzene rings is 3. The minimum atomic E-state index is -1.15. The van der Waals surface area contributed by atoms with E-state index in [0.29, 0.717) is 17.0 Å². The van der Waals surface area contributed by atoms with Crippen molar-refractivity contribution in [3.63, 3.8) is 0 Å². The molecule has 0 aliphatic carbocycles. The largest absolute Gasteiger partial charge is 0.495 e. The first-order valence-electron chi connectivity index (χ1n) is 10.3. The SMILES string of the molecule is COc1ccc(C)cc1NC1=C(c2ccc(C)c(C)c2)C(=O)N(c2ccc(F)c(F)c2)C1=O. The average Bonchev–Trinajstić information content (AvgIpc) is 3.02. The lowest BCUT2D eigenvalue weighted by molar-refractivity contribution is -0.120. The van der Waals surface area contributed by atoms with Gasteiger partial charge in [-0.2, -0.15) is 0 Å². The Hall–Kier alpha value is -4.00. The Kier molecular flexibility index (Phi) is 5.72. The van der Waals surface area contributed by atoms with Crippen molar-refractivity contribution in [2.24, 2.45) is 0 Å². The molecule has 168 valence electrons. The number of imide groups is 1. The van der Waals surface area contributed by atoms with Crippen LogP contribution in [0.2, 0.25) is 0 Å². The second-order valence-electron chi connectivity index (χ2n) is 7.92. The first kappa shape index (κ1) is 22.2. The fraction of sp³-hybridized carbons (Fsp3) is 0.154. The molecule has 0 saturated carbocycles. The molecule has 0 bridgehead atoms. The van der Waals surface area contributed by atoms with Gasteiger partial charge >= 0.3 is 0 Å². The first-order valence-corrected chi connectivity index (χ1v) is 10.3. The number of halogens is 2. The number of hydrogen-bond acceptors (Lipinski definition) is 4. The molecule has 3 aromatic carbocycles. The first-order chi connectivity index (χ1) is 15.7. The van der Waals surface area contributed by atoms with Crippen LogP contribution in [0.25, 0.3) is 5.57 Å². The van der Waals surface area contributed by atoms with E-state index in [0.717, 1.165) is 33.7 Å². The third kappa shape index (κ3) is 3.98. The number of aryl methyl sites for hydroxylation is 3. The van der Waals surface area contributed by atoms with Crippen LogP contribution in [0.3, 0.4) is 0 Å². The van der Waals surface area contributed by atoms with Crippen molar-refractivity contribution in [2.45, 2.75) is 20.8 Å². The smallest absolute Gasteiger partial charge is 0.282 e. The monoisotopic (exact) mass is 448 g/mol. The van der Waals surface area contributed by atoms with Crippen LogP contribution in [-0.4, -0.2) is 18.9 Å². The molecule has 1 aliphatic rings. The summed E-state index contributed by atoms with van der Waals surface area (Å²) in [7, 11) is 1.50. The molecule has 0 fully saturated rings. The third-order valence-electron chi connectivity index (χ3n) is 5.66. The highest BCUT2D eigenvalue weighted by atomic mass is 19.2. The number of carbonyl (C=O) groups is 2. The van der Waals surface area contributed by atoms with Crippen LogP contribution in [0.5, 0.6) is 5.75 Å². The van der Waals surface area contributed by atoms with Crippen molar-refractivity contribution < 1.29 is 23.1 Å². The van der Waals surface area contributed by atoms with Gasteiger partial charge in [0.05, 0.1) is 24.1 Å². The summed E-state index contributed by atoms with van der Waals surface area (Å²) < 4.78 is 32.8. The topological polar surface area (TPSA) is 58.6 Å². The van der Waals surface area contributed by atoms with Gasteiger partial charge in [-0.05, 0) is 67.3 Å². The lowest BCUT2D eigenvalue weighted by Crippen LogP contribution is -2.32. The Labute approximate surface area is 190 Å². The normalized spacial score (nSPS) is 13.7.